The summed E-state index contributed by atoms with van der Waals surface area (Å²) in [6.45, 7) is 2.46. The molecule has 0 fully saturated rings. The van der Waals surface area contributed by atoms with Gasteiger partial charge in [0, 0.05) is 7.05 Å². The predicted molar refractivity (Wildman–Crippen MR) is 79.7 cm³/mol. The average Bonchev–Trinajstić information content (AvgIpc) is 2.71. The third-order valence-corrected chi connectivity index (χ3v) is 3.60. The summed E-state index contributed by atoms with van der Waals surface area (Å²) in [6, 6.07) is 13.2. The number of hydrogen-bond donors (Lipinski definition) is 0. The maximum Gasteiger partial charge on any atom is 0.299 e. The second-order valence-corrected chi connectivity index (χ2v) is 5.15. The molecule has 0 bridgehead atoms. The first-order valence-electron chi connectivity index (χ1n) is 6.71. The molecular formula is C17H15NO3. The number of nitrogens with zero attached hydrogens (tertiary/aromatic N) is 1. The van der Waals surface area contributed by atoms with Gasteiger partial charge in [0.2, 0.25) is 0 Å². The number of benzene rings is 2. The van der Waals surface area contributed by atoms with Crippen molar-refractivity contribution in [3.05, 3.63) is 59.2 Å². The van der Waals surface area contributed by atoms with Crippen LogP contribution in [-0.2, 0) is 11.4 Å². The van der Waals surface area contributed by atoms with E-state index in [0.717, 1.165) is 5.56 Å². The van der Waals surface area contributed by atoms with Gasteiger partial charge in [-0.25, -0.2) is 0 Å². The van der Waals surface area contributed by atoms with Crippen molar-refractivity contribution in [3.8, 4) is 5.75 Å². The van der Waals surface area contributed by atoms with Crippen molar-refractivity contribution in [2.45, 2.75) is 13.5 Å². The van der Waals surface area contributed by atoms with Gasteiger partial charge in [0.05, 0.1) is 11.3 Å². The molecule has 0 aromatic heterocycles. The summed E-state index contributed by atoms with van der Waals surface area (Å²) in [5, 5.41) is 0. The van der Waals surface area contributed by atoms with E-state index >= 15 is 0 Å². The third-order valence-electron chi connectivity index (χ3n) is 3.60. The summed E-state index contributed by atoms with van der Waals surface area (Å²) in [6.07, 6.45) is 0. The number of fused-ring (bicyclic) bond motifs is 1. The molecule has 3 rings (SSSR count). The zero-order chi connectivity index (χ0) is 15.0. The molecule has 0 atom stereocenters. The molecule has 0 N–H and O–H groups in total. The molecule has 0 saturated heterocycles. The number of carbonyl (C=O) groups is 2. The highest BCUT2D eigenvalue weighted by Gasteiger charge is 2.33. The Kier molecular flexibility index (Phi) is 3.22. The Morgan fingerprint density at radius 1 is 1.05 bits per heavy atom. The van der Waals surface area contributed by atoms with Crippen molar-refractivity contribution in [3.63, 3.8) is 0 Å². The highest BCUT2D eigenvalue weighted by atomic mass is 16.5. The fourth-order valence-electron chi connectivity index (χ4n) is 2.31. The first-order valence-corrected chi connectivity index (χ1v) is 6.71. The largest absolute Gasteiger partial charge is 0.489 e. The van der Waals surface area contributed by atoms with Crippen LogP contribution < -0.4 is 9.64 Å². The fraction of sp³-hybridized carbons (Fsp3) is 0.176. The van der Waals surface area contributed by atoms with Gasteiger partial charge in [0.15, 0.2) is 0 Å². The number of ketones is 1. The third kappa shape index (κ3) is 2.40. The maximum atomic E-state index is 11.8. The van der Waals surface area contributed by atoms with Crippen LogP contribution in [0.4, 0.5) is 5.69 Å². The van der Waals surface area contributed by atoms with Crippen LogP contribution in [0.1, 0.15) is 21.5 Å². The molecule has 0 unspecified atom stereocenters. The van der Waals surface area contributed by atoms with Crippen LogP contribution in [0.5, 0.6) is 5.75 Å². The fourth-order valence-corrected chi connectivity index (χ4v) is 2.31. The molecule has 1 aliphatic rings. The summed E-state index contributed by atoms with van der Waals surface area (Å²) >= 11 is 0. The number of aryl methyl sites for hydroxylation is 1. The van der Waals surface area contributed by atoms with Gasteiger partial charge < -0.3 is 9.64 Å². The molecule has 2 aromatic carbocycles. The van der Waals surface area contributed by atoms with Gasteiger partial charge >= 0.3 is 0 Å². The van der Waals surface area contributed by atoms with Crippen LogP contribution in [0.15, 0.2) is 42.5 Å². The van der Waals surface area contributed by atoms with Gasteiger partial charge in [0.25, 0.3) is 11.7 Å². The highest BCUT2D eigenvalue weighted by Crippen LogP contribution is 2.31. The highest BCUT2D eigenvalue weighted by molar-refractivity contribution is 6.52. The van der Waals surface area contributed by atoms with Crippen molar-refractivity contribution in [2.75, 3.05) is 11.9 Å². The summed E-state index contributed by atoms with van der Waals surface area (Å²) in [5.74, 6) is -0.389. The predicted octanol–water partition coefficient (Wildman–Crippen LogP) is 2.73. The van der Waals surface area contributed by atoms with E-state index in [9.17, 15) is 9.59 Å². The molecule has 1 aliphatic heterocycles. The number of likely N-dealkylation sites (N-methyl/N-ethyl adjacent to an activating group) is 1. The summed E-state index contributed by atoms with van der Waals surface area (Å²) in [7, 11) is 1.60. The lowest BCUT2D eigenvalue weighted by molar-refractivity contribution is -0.114. The van der Waals surface area contributed by atoms with Gasteiger partial charge in [0.1, 0.15) is 12.4 Å². The van der Waals surface area contributed by atoms with Crippen LogP contribution in [0.25, 0.3) is 0 Å². The molecule has 21 heavy (non-hydrogen) atoms. The molecule has 4 heteroatoms. The minimum Gasteiger partial charge on any atom is -0.489 e. The first-order chi connectivity index (χ1) is 10.1. The quantitative estimate of drug-likeness (QED) is 0.813. The molecule has 1 heterocycles. The van der Waals surface area contributed by atoms with Crippen LogP contribution in [0, 0.1) is 6.92 Å². The number of anilines is 1. The molecule has 106 valence electrons. The van der Waals surface area contributed by atoms with Crippen molar-refractivity contribution in [2.24, 2.45) is 0 Å². The standard InChI is InChI=1S/C17H15NO3/c1-11-3-5-12(6-4-11)10-21-13-7-8-15-14(9-13)16(19)17(20)18(15)2/h3-9H,10H2,1-2H3. The Labute approximate surface area is 123 Å². The van der Waals surface area contributed by atoms with Gasteiger partial charge in [-0.2, -0.15) is 0 Å². The Bertz CT molecular complexity index is 719. The number of carbonyl (C=O) groups excluding carboxylic acids is 2. The summed E-state index contributed by atoms with van der Waals surface area (Å²) < 4.78 is 5.69. The van der Waals surface area contributed by atoms with Crippen LogP contribution >= 0.6 is 0 Å². The average molecular weight is 281 g/mol. The van der Waals surface area contributed by atoms with Gasteiger partial charge in [-0.3, -0.25) is 9.59 Å². The van der Waals surface area contributed by atoms with E-state index < -0.39 is 11.7 Å². The lowest BCUT2D eigenvalue weighted by atomic mass is 10.1. The number of rotatable bonds is 3. The monoisotopic (exact) mass is 281 g/mol. The van der Waals surface area contributed by atoms with E-state index in [1.165, 1.54) is 10.5 Å². The van der Waals surface area contributed by atoms with Crippen molar-refractivity contribution in [1.29, 1.82) is 0 Å². The van der Waals surface area contributed by atoms with Gasteiger partial charge in [-0.1, -0.05) is 29.8 Å². The van der Waals surface area contributed by atoms with E-state index in [4.69, 9.17) is 4.74 Å². The molecule has 0 spiro atoms. The Morgan fingerprint density at radius 2 is 1.76 bits per heavy atom. The van der Waals surface area contributed by atoms with Crippen LogP contribution in [-0.4, -0.2) is 18.7 Å². The molecule has 0 saturated carbocycles. The minimum atomic E-state index is -0.499. The van der Waals surface area contributed by atoms with Gasteiger partial charge in [-0.15, -0.1) is 0 Å². The molecular weight excluding hydrogens is 266 g/mol. The molecule has 2 aromatic rings. The number of Topliss-reactive ketones (excluding diaryl/α,β-unsaturated/α-hetero) is 1. The second kappa shape index (κ2) is 5.05. The van der Waals surface area contributed by atoms with Crippen molar-refractivity contribution in [1.82, 2.24) is 0 Å². The molecule has 0 radical (unpaired) electrons. The summed E-state index contributed by atoms with van der Waals surface area (Å²) in [4.78, 5) is 24.8. The van der Waals surface area contributed by atoms with E-state index in [0.29, 0.717) is 23.6 Å². The van der Waals surface area contributed by atoms with Crippen molar-refractivity contribution >= 4 is 17.4 Å². The number of amides is 1. The normalized spacial score (nSPS) is 13.5. The Morgan fingerprint density at radius 3 is 2.48 bits per heavy atom. The van der Waals surface area contributed by atoms with E-state index in [2.05, 4.69) is 0 Å². The topological polar surface area (TPSA) is 46.6 Å². The number of hydrogen-bond acceptors (Lipinski definition) is 3. The maximum absolute atomic E-state index is 11.8. The minimum absolute atomic E-state index is 0.406. The second-order valence-electron chi connectivity index (χ2n) is 5.15. The molecule has 4 nitrogen and oxygen atoms in total. The zero-order valence-corrected chi connectivity index (χ0v) is 11.9. The van der Waals surface area contributed by atoms with E-state index in [1.807, 2.05) is 31.2 Å². The van der Waals surface area contributed by atoms with Crippen molar-refractivity contribution < 1.29 is 14.3 Å². The molecule has 0 aliphatic carbocycles. The zero-order valence-electron chi connectivity index (χ0n) is 11.9. The number of ether oxygens (including phenoxy) is 1. The summed E-state index contributed by atoms with van der Waals surface area (Å²) in [5.41, 5.74) is 3.29. The van der Waals surface area contributed by atoms with E-state index in [-0.39, 0.29) is 0 Å². The lowest BCUT2D eigenvalue weighted by Gasteiger charge is -2.10. The molecule has 1 amide bonds. The smallest absolute Gasteiger partial charge is 0.299 e. The van der Waals surface area contributed by atoms with Gasteiger partial charge in [-0.05, 0) is 30.7 Å². The first kappa shape index (κ1) is 13.4. The Hall–Kier alpha value is -2.62. The van der Waals surface area contributed by atoms with Crippen LogP contribution in [0.3, 0.4) is 0 Å². The van der Waals surface area contributed by atoms with Crippen LogP contribution in [0.2, 0.25) is 0 Å². The lowest BCUT2D eigenvalue weighted by Crippen LogP contribution is -2.24. The Balaban J connectivity index is 1.78. The van der Waals surface area contributed by atoms with E-state index in [1.54, 1.807) is 25.2 Å². The SMILES string of the molecule is Cc1ccc(COc2ccc3c(c2)C(=O)C(=O)N3C)cc1.